The highest BCUT2D eigenvalue weighted by molar-refractivity contribution is 6.04. The third-order valence-corrected chi connectivity index (χ3v) is 8.16. The minimum absolute atomic E-state index is 0.132. The van der Waals surface area contributed by atoms with E-state index in [0.717, 1.165) is 43.0 Å². The van der Waals surface area contributed by atoms with Gasteiger partial charge in [-0.1, -0.05) is 60.7 Å². The van der Waals surface area contributed by atoms with Crippen LogP contribution in [0.4, 0.5) is 5.69 Å². The molecule has 0 bridgehead atoms. The van der Waals surface area contributed by atoms with Crippen molar-refractivity contribution in [3.63, 3.8) is 0 Å². The number of aromatic nitrogens is 2. The van der Waals surface area contributed by atoms with Crippen molar-refractivity contribution >= 4 is 23.7 Å². The molecular formula is C39H40N4O5. The summed E-state index contributed by atoms with van der Waals surface area (Å²) in [5.74, 6) is 1.19. The number of methoxy groups -OCH3 is 2. The molecule has 1 amide bonds. The van der Waals surface area contributed by atoms with E-state index in [9.17, 15) is 14.4 Å². The topological polar surface area (TPSA) is 106 Å². The number of nitrogens with one attached hydrogen (secondary N) is 2. The number of aromatic amines is 1. The number of hydrogen-bond acceptors (Lipinski definition) is 6. The van der Waals surface area contributed by atoms with Crippen molar-refractivity contribution in [3.05, 3.63) is 156 Å². The Labute approximate surface area is 279 Å². The molecule has 1 heterocycles. The van der Waals surface area contributed by atoms with E-state index >= 15 is 0 Å². The van der Waals surface area contributed by atoms with E-state index in [2.05, 4.69) is 28.3 Å². The third-order valence-electron chi connectivity index (χ3n) is 8.16. The third kappa shape index (κ3) is 8.57. The Morgan fingerprint density at radius 1 is 0.792 bits per heavy atom. The fourth-order valence-electron chi connectivity index (χ4n) is 5.33. The highest BCUT2D eigenvalue weighted by Gasteiger charge is 2.09. The number of carbonyl (C=O) groups excluding carboxylic acids is 1. The van der Waals surface area contributed by atoms with Crippen LogP contribution in [0.2, 0.25) is 0 Å². The number of nitrogens with zero attached hydrogens (tertiary/aromatic N) is 2. The van der Waals surface area contributed by atoms with Gasteiger partial charge in [-0.05, 0) is 90.7 Å². The maximum atomic E-state index is 13.1. The van der Waals surface area contributed by atoms with Crippen molar-refractivity contribution in [2.24, 2.45) is 7.05 Å². The molecule has 0 spiro atoms. The first kappa shape index (κ1) is 33.7. The molecule has 48 heavy (non-hydrogen) atoms. The van der Waals surface area contributed by atoms with Crippen LogP contribution in [0.5, 0.6) is 11.5 Å². The van der Waals surface area contributed by atoms with Crippen molar-refractivity contribution in [2.75, 3.05) is 39.7 Å². The van der Waals surface area contributed by atoms with Gasteiger partial charge in [-0.2, -0.15) is 0 Å². The number of amides is 1. The van der Waals surface area contributed by atoms with Crippen LogP contribution in [-0.4, -0.2) is 54.7 Å². The lowest BCUT2D eigenvalue weighted by atomic mass is 10.1. The van der Waals surface area contributed by atoms with Gasteiger partial charge in [-0.15, -0.1) is 0 Å². The van der Waals surface area contributed by atoms with Crippen molar-refractivity contribution in [3.8, 4) is 11.5 Å². The van der Waals surface area contributed by atoms with Gasteiger partial charge in [0.15, 0.2) is 11.5 Å². The number of hydrogen-bond donors (Lipinski definition) is 2. The average molecular weight is 645 g/mol. The molecule has 0 atom stereocenters. The van der Waals surface area contributed by atoms with E-state index in [0.29, 0.717) is 16.8 Å². The standard InChI is InChI=1S/C39H40N4O5/c1-42(22-20-29-15-18-35(47-3)36(26-29)48-4)21-19-27-13-16-32(17-14-27)40-37(44)31-12-8-11-30(23-31)24-33-39(46)43(2)34(38(45)41-33)25-28-9-6-5-7-10-28/h5-18,23-26H,19-22H2,1-4H3,(H,40,44)(H,41,45). The lowest BCUT2D eigenvalue weighted by molar-refractivity contribution is 0.102. The van der Waals surface area contributed by atoms with Crippen LogP contribution in [0.25, 0.3) is 12.2 Å². The molecule has 0 saturated heterocycles. The Morgan fingerprint density at radius 2 is 1.46 bits per heavy atom. The Kier molecular flexibility index (Phi) is 11.1. The summed E-state index contributed by atoms with van der Waals surface area (Å²) in [6, 6.07) is 30.1. The SMILES string of the molecule is COc1ccc(CCN(C)CCc2ccc(NC(=O)c3cccc(C=c4[nH]c(=O)c(=Cc5ccccc5)n(C)c4=O)c3)cc2)cc1OC. The Bertz CT molecular complexity index is 2120. The first-order chi connectivity index (χ1) is 23.2. The molecule has 0 saturated carbocycles. The van der Waals surface area contributed by atoms with Crippen LogP contribution in [0.15, 0.2) is 107 Å². The van der Waals surface area contributed by atoms with E-state index in [-0.39, 0.29) is 27.7 Å². The zero-order valence-electron chi connectivity index (χ0n) is 27.7. The molecular weight excluding hydrogens is 604 g/mol. The molecule has 2 N–H and O–H groups in total. The van der Waals surface area contributed by atoms with Gasteiger partial charge < -0.3 is 29.2 Å². The molecule has 0 unspecified atom stereocenters. The van der Waals surface area contributed by atoms with Gasteiger partial charge >= 0.3 is 0 Å². The summed E-state index contributed by atoms with van der Waals surface area (Å²) >= 11 is 0. The zero-order valence-corrected chi connectivity index (χ0v) is 27.7. The van der Waals surface area contributed by atoms with Crippen molar-refractivity contribution in [1.29, 1.82) is 0 Å². The van der Waals surface area contributed by atoms with Gasteiger partial charge in [0, 0.05) is 31.4 Å². The van der Waals surface area contributed by atoms with E-state index in [4.69, 9.17) is 9.47 Å². The maximum Gasteiger partial charge on any atom is 0.274 e. The number of benzene rings is 4. The molecule has 0 aliphatic rings. The normalized spacial score (nSPS) is 11.9. The molecule has 1 aromatic heterocycles. The molecule has 5 aromatic rings. The van der Waals surface area contributed by atoms with Crippen LogP contribution >= 0.6 is 0 Å². The Hall–Kier alpha value is -5.67. The second kappa shape index (κ2) is 15.8. The van der Waals surface area contributed by atoms with Gasteiger partial charge in [-0.3, -0.25) is 14.4 Å². The first-order valence-electron chi connectivity index (χ1n) is 15.7. The largest absolute Gasteiger partial charge is 0.493 e. The fourth-order valence-corrected chi connectivity index (χ4v) is 5.33. The quantitative estimate of drug-likeness (QED) is 0.215. The van der Waals surface area contributed by atoms with Crippen LogP contribution in [0.3, 0.4) is 0 Å². The van der Waals surface area contributed by atoms with Gasteiger partial charge in [0.05, 0.1) is 14.2 Å². The number of H-pyrrole nitrogens is 1. The number of rotatable bonds is 12. The predicted molar refractivity (Wildman–Crippen MR) is 190 cm³/mol. The second-order valence-electron chi connectivity index (χ2n) is 11.6. The van der Waals surface area contributed by atoms with Crippen molar-refractivity contribution in [1.82, 2.24) is 14.5 Å². The van der Waals surface area contributed by atoms with Gasteiger partial charge in [0.2, 0.25) is 0 Å². The number of likely N-dealkylation sites (N-methyl/N-ethyl adjacent to an activating group) is 1. The van der Waals surface area contributed by atoms with Crippen LogP contribution in [0.1, 0.15) is 32.6 Å². The summed E-state index contributed by atoms with van der Waals surface area (Å²) in [7, 11) is 6.95. The molecule has 0 aliphatic carbocycles. The van der Waals surface area contributed by atoms with Crippen molar-refractivity contribution in [2.45, 2.75) is 12.8 Å². The lowest BCUT2D eigenvalue weighted by Gasteiger charge is -2.17. The highest BCUT2D eigenvalue weighted by atomic mass is 16.5. The summed E-state index contributed by atoms with van der Waals surface area (Å²) in [5, 5.41) is 3.33. The summed E-state index contributed by atoms with van der Waals surface area (Å²) < 4.78 is 12.1. The minimum atomic E-state index is -0.384. The molecule has 4 aromatic carbocycles. The van der Waals surface area contributed by atoms with Gasteiger partial charge in [0.1, 0.15) is 10.7 Å². The fraction of sp³-hybridized carbons (Fsp3) is 0.205. The summed E-state index contributed by atoms with van der Waals surface area (Å²) in [4.78, 5) is 44.0. The van der Waals surface area contributed by atoms with Gasteiger partial charge in [0.25, 0.3) is 17.0 Å². The Morgan fingerprint density at radius 3 is 2.17 bits per heavy atom. The van der Waals surface area contributed by atoms with Crippen molar-refractivity contribution < 1.29 is 14.3 Å². The second-order valence-corrected chi connectivity index (χ2v) is 11.6. The summed E-state index contributed by atoms with van der Waals surface area (Å²) in [5.41, 5.74) is 4.16. The molecule has 0 aliphatic heterocycles. The van der Waals surface area contributed by atoms with E-state index in [1.165, 1.54) is 15.7 Å². The summed E-state index contributed by atoms with van der Waals surface area (Å²) in [6.45, 7) is 1.80. The van der Waals surface area contributed by atoms with Gasteiger partial charge in [-0.25, -0.2) is 0 Å². The Balaban J connectivity index is 1.19. The summed E-state index contributed by atoms with van der Waals surface area (Å²) in [6.07, 6.45) is 5.02. The smallest absolute Gasteiger partial charge is 0.274 e. The molecule has 0 radical (unpaired) electrons. The molecule has 246 valence electrons. The predicted octanol–water partition coefficient (Wildman–Crippen LogP) is 3.72. The van der Waals surface area contributed by atoms with Crippen LogP contribution in [0, 0.1) is 0 Å². The minimum Gasteiger partial charge on any atom is -0.493 e. The van der Waals surface area contributed by atoms with Crippen LogP contribution in [-0.2, 0) is 19.9 Å². The number of carbonyl (C=O) groups is 1. The molecule has 9 nitrogen and oxygen atoms in total. The molecule has 9 heteroatoms. The highest BCUT2D eigenvalue weighted by Crippen LogP contribution is 2.27. The first-order valence-corrected chi connectivity index (χ1v) is 15.7. The number of anilines is 1. The monoisotopic (exact) mass is 644 g/mol. The maximum absolute atomic E-state index is 13.1. The van der Waals surface area contributed by atoms with E-state index in [1.807, 2.05) is 66.7 Å². The van der Waals surface area contributed by atoms with Crippen LogP contribution < -0.4 is 36.6 Å². The molecule has 0 fully saturated rings. The lowest BCUT2D eigenvalue weighted by Crippen LogP contribution is -2.52. The number of ether oxygens (including phenoxy) is 2. The molecule has 5 rings (SSSR count). The van der Waals surface area contributed by atoms with E-state index in [1.54, 1.807) is 57.7 Å². The average Bonchev–Trinajstić information content (AvgIpc) is 3.11. The zero-order chi connectivity index (χ0) is 34.0. The van der Waals surface area contributed by atoms with E-state index < -0.39 is 0 Å².